The van der Waals surface area contributed by atoms with E-state index in [-0.39, 0.29) is 17.2 Å². The van der Waals surface area contributed by atoms with Crippen LogP contribution >= 0.6 is 11.8 Å². The van der Waals surface area contributed by atoms with E-state index in [1.807, 2.05) is 30.3 Å². The number of nitrogens with two attached hydrogens (primary N) is 1. The Labute approximate surface area is 184 Å². The van der Waals surface area contributed by atoms with E-state index in [0.717, 1.165) is 4.90 Å². The Hall–Kier alpha value is -3.78. The van der Waals surface area contributed by atoms with Gasteiger partial charge in [-0.25, -0.2) is 4.79 Å². The number of carbonyl (C=O) groups excluding carboxylic acids is 3. The molecule has 0 bridgehead atoms. The van der Waals surface area contributed by atoms with Crippen LogP contribution in [0.1, 0.15) is 17.3 Å². The van der Waals surface area contributed by atoms with Crippen molar-refractivity contribution >= 4 is 46.7 Å². The molecule has 0 saturated heterocycles. The van der Waals surface area contributed by atoms with Crippen LogP contribution in [0.25, 0.3) is 0 Å². The molecule has 31 heavy (non-hydrogen) atoms. The summed E-state index contributed by atoms with van der Waals surface area (Å²) in [6, 6.07) is 22.5. The van der Waals surface area contributed by atoms with Crippen molar-refractivity contribution in [2.75, 3.05) is 16.0 Å². The number of urea groups is 1. The zero-order chi connectivity index (χ0) is 22.2. The molecule has 3 aromatic rings. The van der Waals surface area contributed by atoms with Crippen LogP contribution in [0, 0.1) is 0 Å². The fraction of sp³-hybridized carbons (Fsp3) is 0.0870. The van der Waals surface area contributed by atoms with Gasteiger partial charge in [-0.05, 0) is 67.6 Å². The lowest BCUT2D eigenvalue weighted by molar-refractivity contribution is -0.115. The molecule has 4 amide bonds. The van der Waals surface area contributed by atoms with Crippen LogP contribution < -0.4 is 21.7 Å². The maximum atomic E-state index is 12.4. The Morgan fingerprint density at radius 3 is 1.84 bits per heavy atom. The van der Waals surface area contributed by atoms with Crippen molar-refractivity contribution in [3.05, 3.63) is 84.4 Å². The zero-order valence-electron chi connectivity index (χ0n) is 16.8. The topological polar surface area (TPSA) is 113 Å². The summed E-state index contributed by atoms with van der Waals surface area (Å²) >= 11 is 1.39. The Bertz CT molecular complexity index is 1050. The minimum absolute atomic E-state index is 0.165. The van der Waals surface area contributed by atoms with Crippen molar-refractivity contribution in [1.29, 1.82) is 0 Å². The third-order valence-electron chi connectivity index (χ3n) is 4.26. The fourth-order valence-electron chi connectivity index (χ4n) is 2.65. The van der Waals surface area contributed by atoms with Crippen molar-refractivity contribution in [1.82, 2.24) is 0 Å². The molecule has 3 rings (SSSR count). The minimum atomic E-state index is -0.516. The normalized spacial score (nSPS) is 11.3. The summed E-state index contributed by atoms with van der Waals surface area (Å²) in [5.41, 5.74) is 7.53. The van der Waals surface area contributed by atoms with Crippen LogP contribution in [0.5, 0.6) is 0 Å². The third kappa shape index (κ3) is 6.61. The lowest BCUT2D eigenvalue weighted by atomic mass is 10.2. The number of primary amides is 1. The lowest BCUT2D eigenvalue weighted by Gasteiger charge is -2.13. The molecule has 158 valence electrons. The zero-order valence-corrected chi connectivity index (χ0v) is 17.6. The highest BCUT2D eigenvalue weighted by molar-refractivity contribution is 8.00. The number of hydrogen-bond donors (Lipinski definition) is 4. The van der Waals surface area contributed by atoms with Gasteiger partial charge in [-0.3, -0.25) is 9.59 Å². The summed E-state index contributed by atoms with van der Waals surface area (Å²) < 4.78 is 0. The molecule has 0 aliphatic heterocycles. The number of anilines is 3. The molecule has 0 aromatic heterocycles. The first-order valence-electron chi connectivity index (χ1n) is 9.51. The van der Waals surface area contributed by atoms with Crippen LogP contribution in [0.4, 0.5) is 21.9 Å². The van der Waals surface area contributed by atoms with Gasteiger partial charge < -0.3 is 21.7 Å². The summed E-state index contributed by atoms with van der Waals surface area (Å²) in [6.07, 6.45) is 0. The molecule has 0 fully saturated rings. The van der Waals surface area contributed by atoms with E-state index < -0.39 is 5.91 Å². The first-order chi connectivity index (χ1) is 14.9. The van der Waals surface area contributed by atoms with Crippen molar-refractivity contribution in [3.63, 3.8) is 0 Å². The smallest absolute Gasteiger partial charge is 0.323 e. The number of rotatable bonds is 7. The second-order valence-electron chi connectivity index (χ2n) is 6.66. The number of amides is 4. The molecule has 5 N–H and O–H groups in total. The van der Waals surface area contributed by atoms with Gasteiger partial charge in [-0.2, -0.15) is 0 Å². The maximum absolute atomic E-state index is 12.4. The number of carbonyl (C=O) groups is 3. The standard InChI is InChI=1S/C23H22N4O3S/c1-15(22(29)25-18-9-7-16(8-10-18)21(24)28)31-20-13-11-19(12-14-20)27-23(30)26-17-5-3-2-4-6-17/h2-15H,1H3,(H2,24,28)(H,25,29)(H2,26,27,30). The molecule has 0 spiro atoms. The molecule has 0 aliphatic carbocycles. The molecular weight excluding hydrogens is 412 g/mol. The summed E-state index contributed by atoms with van der Waals surface area (Å²) in [7, 11) is 0. The van der Waals surface area contributed by atoms with Gasteiger partial charge in [0.15, 0.2) is 0 Å². The van der Waals surface area contributed by atoms with Crippen LogP contribution in [0.2, 0.25) is 0 Å². The third-order valence-corrected chi connectivity index (χ3v) is 5.37. The number of hydrogen-bond acceptors (Lipinski definition) is 4. The molecule has 1 unspecified atom stereocenters. The summed E-state index contributed by atoms with van der Waals surface area (Å²) in [6.45, 7) is 1.80. The molecule has 8 heteroatoms. The first-order valence-corrected chi connectivity index (χ1v) is 10.4. The van der Waals surface area contributed by atoms with E-state index in [1.165, 1.54) is 11.8 Å². The molecule has 0 heterocycles. The summed E-state index contributed by atoms with van der Waals surface area (Å²) in [5.74, 6) is -0.682. The highest BCUT2D eigenvalue weighted by atomic mass is 32.2. The molecule has 0 saturated carbocycles. The lowest BCUT2D eigenvalue weighted by Crippen LogP contribution is -2.22. The Balaban J connectivity index is 1.50. The summed E-state index contributed by atoms with van der Waals surface area (Å²) in [5, 5.41) is 7.98. The number of nitrogens with one attached hydrogen (secondary N) is 3. The number of thioether (sulfide) groups is 1. The largest absolute Gasteiger partial charge is 0.366 e. The van der Waals surface area contributed by atoms with E-state index >= 15 is 0 Å². The first kappa shape index (κ1) is 21.9. The second-order valence-corrected chi connectivity index (χ2v) is 8.07. The monoisotopic (exact) mass is 434 g/mol. The average molecular weight is 435 g/mol. The van der Waals surface area contributed by atoms with Gasteiger partial charge in [0.05, 0.1) is 5.25 Å². The van der Waals surface area contributed by atoms with Crippen LogP contribution in [0.3, 0.4) is 0 Å². The van der Waals surface area contributed by atoms with E-state index in [9.17, 15) is 14.4 Å². The van der Waals surface area contributed by atoms with Crippen LogP contribution in [-0.2, 0) is 4.79 Å². The van der Waals surface area contributed by atoms with Gasteiger partial charge in [0, 0.05) is 27.5 Å². The van der Waals surface area contributed by atoms with Gasteiger partial charge in [0.2, 0.25) is 11.8 Å². The molecular formula is C23H22N4O3S. The number of para-hydroxylation sites is 1. The van der Waals surface area contributed by atoms with Gasteiger partial charge >= 0.3 is 6.03 Å². The molecule has 3 aromatic carbocycles. The average Bonchev–Trinajstić information content (AvgIpc) is 2.76. The van der Waals surface area contributed by atoms with Crippen molar-refractivity contribution in [2.45, 2.75) is 17.1 Å². The predicted molar refractivity (Wildman–Crippen MR) is 124 cm³/mol. The van der Waals surface area contributed by atoms with Crippen molar-refractivity contribution in [3.8, 4) is 0 Å². The highest BCUT2D eigenvalue weighted by Crippen LogP contribution is 2.26. The molecule has 0 radical (unpaired) electrons. The van der Waals surface area contributed by atoms with Gasteiger partial charge in [0.1, 0.15) is 0 Å². The molecule has 7 nitrogen and oxygen atoms in total. The van der Waals surface area contributed by atoms with E-state index in [1.54, 1.807) is 55.5 Å². The van der Waals surface area contributed by atoms with Crippen LogP contribution in [0.15, 0.2) is 83.8 Å². The Kier molecular flexibility index (Phi) is 7.29. The van der Waals surface area contributed by atoms with Crippen molar-refractivity contribution < 1.29 is 14.4 Å². The SMILES string of the molecule is CC(Sc1ccc(NC(=O)Nc2ccccc2)cc1)C(=O)Nc1ccc(C(N)=O)cc1. The fourth-order valence-corrected chi connectivity index (χ4v) is 3.52. The quantitative estimate of drug-likeness (QED) is 0.409. The van der Waals surface area contributed by atoms with E-state index in [2.05, 4.69) is 16.0 Å². The van der Waals surface area contributed by atoms with Crippen molar-refractivity contribution in [2.24, 2.45) is 5.73 Å². The van der Waals surface area contributed by atoms with Gasteiger partial charge in [-0.1, -0.05) is 18.2 Å². The maximum Gasteiger partial charge on any atom is 0.323 e. The Morgan fingerprint density at radius 1 is 0.742 bits per heavy atom. The van der Waals surface area contributed by atoms with Gasteiger partial charge in [-0.15, -0.1) is 11.8 Å². The number of benzene rings is 3. The van der Waals surface area contributed by atoms with Gasteiger partial charge in [0.25, 0.3) is 0 Å². The Morgan fingerprint density at radius 2 is 1.26 bits per heavy atom. The molecule has 0 aliphatic rings. The summed E-state index contributed by atoms with van der Waals surface area (Å²) in [4.78, 5) is 36.5. The minimum Gasteiger partial charge on any atom is -0.366 e. The highest BCUT2D eigenvalue weighted by Gasteiger charge is 2.15. The second kappa shape index (κ2) is 10.3. The van der Waals surface area contributed by atoms with E-state index in [0.29, 0.717) is 22.6 Å². The van der Waals surface area contributed by atoms with E-state index in [4.69, 9.17) is 5.73 Å². The predicted octanol–water partition coefficient (Wildman–Crippen LogP) is 4.55. The van der Waals surface area contributed by atoms with Crippen LogP contribution in [-0.4, -0.2) is 23.1 Å². The molecule has 1 atom stereocenters.